The van der Waals surface area contributed by atoms with E-state index in [4.69, 9.17) is 4.74 Å². The Labute approximate surface area is 84.2 Å². The van der Waals surface area contributed by atoms with Crippen molar-refractivity contribution in [2.45, 2.75) is 19.8 Å². The van der Waals surface area contributed by atoms with Crippen LogP contribution in [0.25, 0.3) is 0 Å². The van der Waals surface area contributed by atoms with Crippen LogP contribution in [0.5, 0.6) is 5.75 Å². The molecule has 0 saturated carbocycles. The minimum atomic E-state index is -0.434. The van der Waals surface area contributed by atoms with Crippen LogP contribution >= 0.6 is 0 Å². The molecule has 1 nitrogen and oxygen atoms in total. The molecule has 0 heterocycles. The number of hydrogen-bond donors (Lipinski definition) is 0. The number of rotatable bonds is 5. The topological polar surface area (TPSA) is 9.23 Å². The van der Waals surface area contributed by atoms with E-state index >= 15 is 0 Å². The Balaban J connectivity index is 2.35. The summed E-state index contributed by atoms with van der Waals surface area (Å²) in [6.07, 6.45) is 6.08. The molecular formula is C12H14FO. The molecule has 0 atom stereocenters. The Morgan fingerprint density at radius 3 is 3.07 bits per heavy atom. The van der Waals surface area contributed by atoms with Gasteiger partial charge in [0.25, 0.3) is 0 Å². The maximum absolute atomic E-state index is 13.0. The van der Waals surface area contributed by atoms with Gasteiger partial charge in [0.05, 0.1) is 0 Å². The van der Waals surface area contributed by atoms with E-state index in [0.29, 0.717) is 6.61 Å². The van der Waals surface area contributed by atoms with Crippen molar-refractivity contribution in [1.82, 2.24) is 0 Å². The smallest absolute Gasteiger partial charge is 0.172 e. The van der Waals surface area contributed by atoms with Crippen molar-refractivity contribution in [3.8, 4) is 5.75 Å². The van der Waals surface area contributed by atoms with E-state index in [-0.39, 0.29) is 5.75 Å². The Kier molecular flexibility index (Phi) is 4.76. The van der Waals surface area contributed by atoms with Gasteiger partial charge in [-0.2, -0.15) is 0 Å². The molecule has 14 heavy (non-hydrogen) atoms. The molecule has 2 heteroatoms. The molecule has 0 N–H and O–H groups in total. The van der Waals surface area contributed by atoms with Crippen molar-refractivity contribution in [3.63, 3.8) is 0 Å². The number of benzene rings is 1. The SMILES string of the molecule is CCCC=CCOc1ccc[c]c1F. The van der Waals surface area contributed by atoms with Gasteiger partial charge in [0, 0.05) is 6.07 Å². The molecule has 75 valence electrons. The van der Waals surface area contributed by atoms with Crippen LogP contribution in [0.3, 0.4) is 0 Å². The Hall–Kier alpha value is -1.31. The quantitative estimate of drug-likeness (QED) is 0.651. The highest BCUT2D eigenvalue weighted by atomic mass is 19.1. The predicted molar refractivity (Wildman–Crippen MR) is 54.8 cm³/mol. The first-order valence-corrected chi connectivity index (χ1v) is 4.78. The summed E-state index contributed by atoms with van der Waals surface area (Å²) in [6, 6.07) is 7.26. The minimum absolute atomic E-state index is 0.258. The number of halogens is 1. The van der Waals surface area contributed by atoms with Crippen molar-refractivity contribution in [1.29, 1.82) is 0 Å². The summed E-state index contributed by atoms with van der Waals surface area (Å²) in [5, 5.41) is 0. The van der Waals surface area contributed by atoms with E-state index in [1.807, 2.05) is 12.2 Å². The van der Waals surface area contributed by atoms with Gasteiger partial charge in [0.1, 0.15) is 6.61 Å². The second-order valence-corrected chi connectivity index (χ2v) is 2.92. The molecular weight excluding hydrogens is 179 g/mol. The molecule has 1 aromatic rings. The molecule has 1 rings (SSSR count). The average Bonchev–Trinajstić information content (AvgIpc) is 2.20. The minimum Gasteiger partial charge on any atom is -0.486 e. The highest BCUT2D eigenvalue weighted by Gasteiger charge is 1.98. The lowest BCUT2D eigenvalue weighted by atomic mass is 10.3. The largest absolute Gasteiger partial charge is 0.486 e. The third kappa shape index (κ3) is 3.60. The van der Waals surface area contributed by atoms with E-state index in [1.54, 1.807) is 12.1 Å². The Morgan fingerprint density at radius 2 is 2.36 bits per heavy atom. The molecule has 0 amide bonds. The van der Waals surface area contributed by atoms with Crippen LogP contribution in [-0.2, 0) is 0 Å². The monoisotopic (exact) mass is 193 g/mol. The van der Waals surface area contributed by atoms with Crippen molar-refractivity contribution in [2.75, 3.05) is 6.61 Å². The lowest BCUT2D eigenvalue weighted by Crippen LogP contribution is -1.95. The lowest BCUT2D eigenvalue weighted by molar-refractivity contribution is 0.341. The van der Waals surface area contributed by atoms with Gasteiger partial charge in [-0.25, -0.2) is 4.39 Å². The molecule has 0 bridgehead atoms. The van der Waals surface area contributed by atoms with Crippen LogP contribution in [0.15, 0.2) is 30.4 Å². The van der Waals surface area contributed by atoms with Gasteiger partial charge in [-0.05, 0) is 12.5 Å². The molecule has 1 aromatic carbocycles. The van der Waals surface area contributed by atoms with E-state index in [2.05, 4.69) is 13.0 Å². The molecule has 0 saturated heterocycles. The molecule has 0 fully saturated rings. The summed E-state index contributed by atoms with van der Waals surface area (Å²) >= 11 is 0. The highest BCUT2D eigenvalue weighted by molar-refractivity contribution is 5.22. The van der Waals surface area contributed by atoms with Gasteiger partial charge in [-0.15, -0.1) is 0 Å². The normalized spacial score (nSPS) is 10.7. The number of allylic oxidation sites excluding steroid dienone is 1. The summed E-state index contributed by atoms with van der Waals surface area (Å²) < 4.78 is 18.2. The zero-order valence-corrected chi connectivity index (χ0v) is 8.29. The summed E-state index contributed by atoms with van der Waals surface area (Å²) in [7, 11) is 0. The third-order valence-electron chi connectivity index (χ3n) is 1.73. The second kappa shape index (κ2) is 6.19. The molecule has 1 radical (unpaired) electrons. The number of hydrogen-bond acceptors (Lipinski definition) is 1. The van der Waals surface area contributed by atoms with Gasteiger partial charge in [0.15, 0.2) is 11.6 Å². The Bertz CT molecular complexity index is 294. The standard InChI is InChI=1S/C12H14FO/c1-2-3-4-7-10-14-12-9-6-5-8-11(12)13/h4-7,9H,2-3,10H2,1H3. The van der Waals surface area contributed by atoms with Gasteiger partial charge in [0.2, 0.25) is 0 Å². The first-order valence-electron chi connectivity index (χ1n) is 4.78. The molecule has 0 unspecified atom stereocenters. The number of unbranched alkanes of at least 4 members (excludes halogenated alkanes) is 1. The maximum Gasteiger partial charge on any atom is 0.172 e. The summed E-state index contributed by atoms with van der Waals surface area (Å²) in [5.41, 5.74) is 0. The molecule has 0 aliphatic heterocycles. The fraction of sp³-hybridized carbons (Fsp3) is 0.333. The van der Waals surface area contributed by atoms with Crippen LogP contribution in [-0.4, -0.2) is 6.61 Å². The van der Waals surface area contributed by atoms with E-state index in [0.717, 1.165) is 12.8 Å². The predicted octanol–water partition coefficient (Wildman–Crippen LogP) is 3.36. The van der Waals surface area contributed by atoms with Gasteiger partial charge in [-0.3, -0.25) is 0 Å². The summed E-state index contributed by atoms with van der Waals surface area (Å²) in [6.45, 7) is 2.52. The van der Waals surface area contributed by atoms with E-state index < -0.39 is 5.82 Å². The third-order valence-corrected chi connectivity index (χ3v) is 1.73. The molecule has 0 aromatic heterocycles. The van der Waals surface area contributed by atoms with E-state index in [9.17, 15) is 4.39 Å². The van der Waals surface area contributed by atoms with Crippen LogP contribution < -0.4 is 4.74 Å². The first-order chi connectivity index (χ1) is 6.84. The lowest BCUT2D eigenvalue weighted by Gasteiger charge is -2.02. The van der Waals surface area contributed by atoms with Crippen LogP contribution in [0.4, 0.5) is 4.39 Å². The highest BCUT2D eigenvalue weighted by Crippen LogP contribution is 2.14. The van der Waals surface area contributed by atoms with Gasteiger partial charge in [-0.1, -0.05) is 37.6 Å². The molecule has 0 spiro atoms. The first kappa shape index (κ1) is 10.8. The van der Waals surface area contributed by atoms with Crippen LogP contribution in [0.1, 0.15) is 19.8 Å². The van der Waals surface area contributed by atoms with Crippen molar-refractivity contribution in [3.05, 3.63) is 42.2 Å². The van der Waals surface area contributed by atoms with Crippen LogP contribution in [0.2, 0.25) is 0 Å². The van der Waals surface area contributed by atoms with E-state index in [1.165, 1.54) is 6.07 Å². The molecule has 0 aliphatic rings. The van der Waals surface area contributed by atoms with Gasteiger partial charge < -0.3 is 4.74 Å². The van der Waals surface area contributed by atoms with Crippen molar-refractivity contribution < 1.29 is 9.13 Å². The number of ether oxygens (including phenoxy) is 1. The fourth-order valence-electron chi connectivity index (χ4n) is 1.00. The van der Waals surface area contributed by atoms with Gasteiger partial charge >= 0.3 is 0 Å². The zero-order chi connectivity index (χ0) is 10.2. The molecule has 0 aliphatic carbocycles. The van der Waals surface area contributed by atoms with Crippen molar-refractivity contribution in [2.24, 2.45) is 0 Å². The maximum atomic E-state index is 13.0. The van der Waals surface area contributed by atoms with Crippen LogP contribution in [0, 0.1) is 11.9 Å². The second-order valence-electron chi connectivity index (χ2n) is 2.92. The Morgan fingerprint density at radius 1 is 1.50 bits per heavy atom. The van der Waals surface area contributed by atoms with Crippen molar-refractivity contribution >= 4 is 0 Å². The summed E-state index contributed by atoms with van der Waals surface area (Å²) in [5.74, 6) is -0.176. The average molecular weight is 193 g/mol. The summed E-state index contributed by atoms with van der Waals surface area (Å²) in [4.78, 5) is 0. The zero-order valence-electron chi connectivity index (χ0n) is 8.29. The fourth-order valence-corrected chi connectivity index (χ4v) is 1.00.